The van der Waals surface area contributed by atoms with Gasteiger partial charge in [0, 0.05) is 43.0 Å². The zero-order chi connectivity index (χ0) is 19.8. The second-order valence-electron chi connectivity index (χ2n) is 7.50. The Kier molecular flexibility index (Phi) is 4.42. The lowest BCUT2D eigenvalue weighted by Gasteiger charge is -2.32. The number of hydrogen-bond donors (Lipinski definition) is 1. The number of rotatable bonds is 3. The highest BCUT2D eigenvalue weighted by Gasteiger charge is 2.38. The Morgan fingerprint density at radius 3 is 2.93 bits per heavy atom. The molecule has 148 valence electrons. The number of nitrogens with one attached hydrogen (secondary N) is 1. The SMILES string of the molecule is O=C(C1CCCN1C(=O)c1ccco1)N1CC=C(c2c[nH]c3ncccc23)CC1. The summed E-state index contributed by atoms with van der Waals surface area (Å²) in [4.78, 5) is 36.9. The van der Waals surface area contributed by atoms with Gasteiger partial charge in [-0.05, 0) is 49.1 Å². The molecule has 3 aromatic rings. The van der Waals surface area contributed by atoms with E-state index in [0.29, 0.717) is 31.8 Å². The second kappa shape index (κ2) is 7.24. The second-order valence-corrected chi connectivity index (χ2v) is 7.50. The molecule has 2 aliphatic heterocycles. The van der Waals surface area contributed by atoms with Crippen LogP contribution in [-0.4, -0.2) is 57.3 Å². The van der Waals surface area contributed by atoms with Gasteiger partial charge in [-0.2, -0.15) is 0 Å². The van der Waals surface area contributed by atoms with Crippen LogP contribution in [0.4, 0.5) is 0 Å². The van der Waals surface area contributed by atoms with Gasteiger partial charge in [0.2, 0.25) is 5.91 Å². The Labute approximate surface area is 168 Å². The Hall–Kier alpha value is -3.35. The molecule has 1 fully saturated rings. The van der Waals surface area contributed by atoms with Crippen molar-refractivity contribution in [2.24, 2.45) is 0 Å². The minimum Gasteiger partial charge on any atom is -0.459 e. The maximum Gasteiger partial charge on any atom is 0.290 e. The molecular weight excluding hydrogens is 368 g/mol. The molecule has 29 heavy (non-hydrogen) atoms. The lowest BCUT2D eigenvalue weighted by atomic mass is 9.99. The maximum absolute atomic E-state index is 13.1. The number of likely N-dealkylation sites (tertiary alicyclic amines) is 1. The van der Waals surface area contributed by atoms with Crippen molar-refractivity contribution >= 4 is 28.4 Å². The van der Waals surface area contributed by atoms with E-state index in [2.05, 4.69) is 22.1 Å². The van der Waals surface area contributed by atoms with Crippen molar-refractivity contribution in [2.75, 3.05) is 19.6 Å². The van der Waals surface area contributed by atoms with Crippen LogP contribution in [0.5, 0.6) is 0 Å². The molecule has 5 rings (SSSR count). The van der Waals surface area contributed by atoms with Gasteiger partial charge in [-0.3, -0.25) is 9.59 Å². The van der Waals surface area contributed by atoms with Gasteiger partial charge in [-0.1, -0.05) is 6.08 Å². The van der Waals surface area contributed by atoms with Gasteiger partial charge < -0.3 is 19.2 Å². The molecule has 0 aliphatic carbocycles. The van der Waals surface area contributed by atoms with E-state index in [4.69, 9.17) is 4.42 Å². The van der Waals surface area contributed by atoms with Gasteiger partial charge in [0.05, 0.1) is 6.26 Å². The van der Waals surface area contributed by atoms with E-state index in [9.17, 15) is 9.59 Å². The molecule has 2 aliphatic rings. The van der Waals surface area contributed by atoms with Crippen molar-refractivity contribution in [2.45, 2.75) is 25.3 Å². The third kappa shape index (κ3) is 3.12. The highest BCUT2D eigenvalue weighted by atomic mass is 16.3. The van der Waals surface area contributed by atoms with Crippen molar-refractivity contribution in [1.29, 1.82) is 0 Å². The van der Waals surface area contributed by atoms with Gasteiger partial charge in [0.15, 0.2) is 5.76 Å². The number of carbonyl (C=O) groups excluding carboxylic acids is 2. The van der Waals surface area contributed by atoms with Gasteiger partial charge in [0.1, 0.15) is 11.7 Å². The normalized spacial score (nSPS) is 19.6. The standard InChI is InChI=1S/C22H22N4O3/c27-21(18-5-2-10-26(18)22(28)19-6-3-13-29-19)25-11-7-15(8-12-25)17-14-24-20-16(17)4-1-9-23-20/h1,3-4,6-7,9,13-14,18H,2,5,8,10-12H2,(H,23,24). The number of carbonyl (C=O) groups is 2. The molecule has 2 amide bonds. The van der Waals surface area contributed by atoms with Crippen LogP contribution in [0.3, 0.4) is 0 Å². The monoisotopic (exact) mass is 390 g/mol. The predicted molar refractivity (Wildman–Crippen MR) is 108 cm³/mol. The van der Waals surface area contributed by atoms with Crippen LogP contribution in [0.1, 0.15) is 35.4 Å². The molecule has 7 nitrogen and oxygen atoms in total. The quantitative estimate of drug-likeness (QED) is 0.745. The summed E-state index contributed by atoms with van der Waals surface area (Å²) in [5, 5.41) is 1.10. The number of fused-ring (bicyclic) bond motifs is 1. The van der Waals surface area contributed by atoms with E-state index >= 15 is 0 Å². The average Bonchev–Trinajstić information content (AvgIpc) is 3.53. The molecule has 3 aromatic heterocycles. The molecule has 0 bridgehead atoms. The summed E-state index contributed by atoms with van der Waals surface area (Å²) in [7, 11) is 0. The number of aromatic amines is 1. The van der Waals surface area contributed by atoms with Crippen LogP contribution in [0, 0.1) is 0 Å². The number of aromatic nitrogens is 2. The molecule has 1 saturated heterocycles. The largest absolute Gasteiger partial charge is 0.459 e. The first-order valence-electron chi connectivity index (χ1n) is 9.97. The van der Waals surface area contributed by atoms with Crippen LogP contribution in [0.2, 0.25) is 0 Å². The van der Waals surface area contributed by atoms with Crippen LogP contribution in [0.15, 0.2) is 53.4 Å². The van der Waals surface area contributed by atoms with Crippen molar-refractivity contribution in [1.82, 2.24) is 19.8 Å². The number of furan rings is 1. The fourth-order valence-corrected chi connectivity index (χ4v) is 4.35. The molecule has 0 spiro atoms. The third-order valence-electron chi connectivity index (χ3n) is 5.85. The summed E-state index contributed by atoms with van der Waals surface area (Å²) in [6.45, 7) is 1.80. The van der Waals surface area contributed by atoms with E-state index in [-0.39, 0.29) is 11.8 Å². The van der Waals surface area contributed by atoms with Crippen molar-refractivity contribution < 1.29 is 14.0 Å². The highest BCUT2D eigenvalue weighted by Crippen LogP contribution is 2.29. The molecule has 0 saturated carbocycles. The van der Waals surface area contributed by atoms with Crippen LogP contribution in [0.25, 0.3) is 16.6 Å². The Morgan fingerprint density at radius 1 is 1.21 bits per heavy atom. The first-order chi connectivity index (χ1) is 14.2. The third-order valence-corrected chi connectivity index (χ3v) is 5.85. The Morgan fingerprint density at radius 2 is 2.14 bits per heavy atom. The van der Waals surface area contributed by atoms with Crippen LogP contribution < -0.4 is 0 Å². The summed E-state index contributed by atoms with van der Waals surface area (Å²) in [5.74, 6) is 0.113. The zero-order valence-corrected chi connectivity index (χ0v) is 16.0. The molecule has 0 radical (unpaired) electrons. The van der Waals surface area contributed by atoms with Gasteiger partial charge in [-0.15, -0.1) is 0 Å². The number of pyridine rings is 1. The van der Waals surface area contributed by atoms with Gasteiger partial charge in [0.25, 0.3) is 5.91 Å². The lowest BCUT2D eigenvalue weighted by molar-refractivity contribution is -0.134. The fraction of sp³-hybridized carbons (Fsp3) is 0.318. The zero-order valence-electron chi connectivity index (χ0n) is 16.0. The van der Waals surface area contributed by atoms with Crippen LogP contribution in [-0.2, 0) is 4.79 Å². The molecule has 5 heterocycles. The fourth-order valence-electron chi connectivity index (χ4n) is 4.35. The summed E-state index contributed by atoms with van der Waals surface area (Å²) < 4.78 is 5.24. The smallest absolute Gasteiger partial charge is 0.290 e. The van der Waals surface area contributed by atoms with E-state index in [0.717, 1.165) is 29.4 Å². The summed E-state index contributed by atoms with van der Waals surface area (Å²) in [6, 6.07) is 6.93. The average molecular weight is 390 g/mol. The van der Waals surface area contributed by atoms with Gasteiger partial charge >= 0.3 is 0 Å². The Bertz CT molecular complexity index is 1080. The van der Waals surface area contributed by atoms with E-state index in [1.165, 1.54) is 11.8 Å². The molecule has 0 aromatic carbocycles. The molecule has 1 N–H and O–H groups in total. The number of H-pyrrole nitrogens is 1. The molecular formula is C22H22N4O3. The first-order valence-corrected chi connectivity index (χ1v) is 9.97. The van der Waals surface area contributed by atoms with E-state index in [1.54, 1.807) is 23.2 Å². The minimum absolute atomic E-state index is 0.0262. The molecule has 1 atom stereocenters. The Balaban J connectivity index is 1.31. The predicted octanol–water partition coefficient (Wildman–Crippen LogP) is 3.08. The van der Waals surface area contributed by atoms with Crippen molar-refractivity contribution in [3.63, 3.8) is 0 Å². The van der Waals surface area contributed by atoms with E-state index in [1.807, 2.05) is 17.2 Å². The first kappa shape index (κ1) is 17.7. The molecule has 7 heteroatoms. The summed E-state index contributed by atoms with van der Waals surface area (Å²) in [6.07, 6.45) is 9.68. The minimum atomic E-state index is -0.403. The van der Waals surface area contributed by atoms with Gasteiger partial charge in [-0.25, -0.2) is 4.98 Å². The number of amides is 2. The summed E-state index contributed by atoms with van der Waals surface area (Å²) in [5.41, 5.74) is 3.25. The number of hydrogen-bond acceptors (Lipinski definition) is 4. The molecule has 1 unspecified atom stereocenters. The van der Waals surface area contributed by atoms with E-state index < -0.39 is 6.04 Å². The maximum atomic E-state index is 13.1. The highest BCUT2D eigenvalue weighted by molar-refractivity contribution is 5.96. The van der Waals surface area contributed by atoms with Crippen LogP contribution >= 0.6 is 0 Å². The van der Waals surface area contributed by atoms with Crippen molar-refractivity contribution in [3.8, 4) is 0 Å². The van der Waals surface area contributed by atoms with Crippen molar-refractivity contribution in [3.05, 3.63) is 60.3 Å². The lowest BCUT2D eigenvalue weighted by Crippen LogP contribution is -2.48. The topological polar surface area (TPSA) is 82.4 Å². The number of nitrogens with zero attached hydrogens (tertiary/aromatic N) is 3. The summed E-state index contributed by atoms with van der Waals surface area (Å²) >= 11 is 0.